The summed E-state index contributed by atoms with van der Waals surface area (Å²) < 4.78 is 43.8. The van der Waals surface area contributed by atoms with Crippen LogP contribution in [0.3, 0.4) is 0 Å². The minimum Gasteiger partial charge on any atom is -0.382 e. The minimum atomic E-state index is -4.44. The number of amides is 1. The van der Waals surface area contributed by atoms with Gasteiger partial charge >= 0.3 is 6.18 Å². The lowest BCUT2D eigenvalue weighted by atomic mass is 9.92. The zero-order valence-corrected chi connectivity index (χ0v) is 27.9. The molecule has 0 saturated carbocycles. The Morgan fingerprint density at radius 3 is 2.41 bits per heavy atom. The Morgan fingerprint density at radius 2 is 1.69 bits per heavy atom. The molecule has 262 valence electrons. The van der Waals surface area contributed by atoms with E-state index in [1.165, 1.54) is 24.0 Å². The van der Waals surface area contributed by atoms with Crippen molar-refractivity contribution >= 4 is 28.1 Å². The minimum absolute atomic E-state index is 0.0811. The fourth-order valence-electron chi connectivity index (χ4n) is 7.56. The number of aromatic nitrogens is 5. The monoisotopic (exact) mass is 693 g/mol. The van der Waals surface area contributed by atoms with Crippen molar-refractivity contribution in [2.75, 3.05) is 45.0 Å². The Morgan fingerprint density at radius 1 is 0.941 bits per heavy atom. The molecule has 2 fully saturated rings. The summed E-state index contributed by atoms with van der Waals surface area (Å²) in [6, 6.07) is 22.9. The van der Waals surface area contributed by atoms with Gasteiger partial charge in [0, 0.05) is 68.0 Å². The molecule has 0 spiro atoms. The number of rotatable bonds is 7. The van der Waals surface area contributed by atoms with Gasteiger partial charge in [0.25, 0.3) is 0 Å². The fraction of sp³-hybridized carbons (Fsp3) is 0.316. The van der Waals surface area contributed by atoms with Crippen molar-refractivity contribution in [1.29, 1.82) is 0 Å². The Balaban J connectivity index is 1.04. The van der Waals surface area contributed by atoms with Crippen LogP contribution in [0.5, 0.6) is 0 Å². The van der Waals surface area contributed by atoms with Crippen molar-refractivity contribution < 1.29 is 18.0 Å². The van der Waals surface area contributed by atoms with Crippen LogP contribution in [0.15, 0.2) is 91.4 Å². The number of halogens is 3. The SMILES string of the molecule is Nc1ncnn2c(C3CCN(C(=O)C(c4ccc(C(F)(F)F)cc4)N4CCNCC4)CC3)cc(-c3ccc4cn(Cc5ccccc5)nc4c3)c12. The molecule has 0 aliphatic carbocycles. The Labute approximate surface area is 292 Å². The molecule has 3 N–H and O–H groups in total. The van der Waals surface area contributed by atoms with Crippen molar-refractivity contribution in [1.82, 2.24) is 39.5 Å². The summed E-state index contributed by atoms with van der Waals surface area (Å²) >= 11 is 0. The molecule has 1 unspecified atom stereocenters. The molecule has 1 atom stereocenters. The van der Waals surface area contributed by atoms with E-state index in [1.54, 1.807) is 0 Å². The van der Waals surface area contributed by atoms with Crippen LogP contribution in [-0.4, -0.2) is 79.4 Å². The van der Waals surface area contributed by atoms with Crippen molar-refractivity contribution in [3.8, 4) is 11.1 Å². The second kappa shape index (κ2) is 13.5. The lowest BCUT2D eigenvalue weighted by Gasteiger charge is -2.39. The van der Waals surface area contributed by atoms with Gasteiger partial charge in [0.05, 0.1) is 17.6 Å². The molecular weight excluding hydrogens is 655 g/mol. The highest BCUT2D eigenvalue weighted by atomic mass is 19.4. The molecule has 8 rings (SSSR count). The van der Waals surface area contributed by atoms with Crippen molar-refractivity contribution in [2.45, 2.75) is 37.5 Å². The number of piperidine rings is 1. The maximum atomic E-state index is 14.2. The lowest BCUT2D eigenvalue weighted by molar-refractivity contribution is -0.138. The molecule has 3 aromatic carbocycles. The molecule has 1 amide bonds. The number of hydrogen-bond acceptors (Lipinski definition) is 7. The zero-order valence-electron chi connectivity index (χ0n) is 27.9. The number of nitrogens with one attached hydrogen (secondary N) is 1. The van der Waals surface area contributed by atoms with Gasteiger partial charge in [-0.05, 0) is 53.8 Å². The molecule has 2 aliphatic rings. The van der Waals surface area contributed by atoms with E-state index in [0.29, 0.717) is 70.0 Å². The molecule has 0 bridgehead atoms. The van der Waals surface area contributed by atoms with E-state index in [4.69, 9.17) is 10.8 Å². The predicted octanol–water partition coefficient (Wildman–Crippen LogP) is 5.75. The topological polar surface area (TPSA) is 110 Å². The van der Waals surface area contributed by atoms with Crippen molar-refractivity contribution in [3.63, 3.8) is 0 Å². The number of nitrogens with two attached hydrogens (primary N) is 1. The van der Waals surface area contributed by atoms with Gasteiger partial charge in [0.2, 0.25) is 5.91 Å². The number of piperazine rings is 1. The second-order valence-electron chi connectivity index (χ2n) is 13.4. The molecule has 6 aromatic rings. The van der Waals surface area contributed by atoms with E-state index in [9.17, 15) is 18.0 Å². The van der Waals surface area contributed by atoms with Crippen LogP contribution >= 0.6 is 0 Å². The van der Waals surface area contributed by atoms with E-state index >= 15 is 0 Å². The van der Waals surface area contributed by atoms with Gasteiger partial charge in [-0.15, -0.1) is 0 Å². The van der Waals surface area contributed by atoms with E-state index in [1.807, 2.05) is 38.5 Å². The second-order valence-corrected chi connectivity index (χ2v) is 13.4. The van der Waals surface area contributed by atoms with Crippen LogP contribution in [-0.2, 0) is 17.5 Å². The van der Waals surface area contributed by atoms with Crippen LogP contribution in [0.4, 0.5) is 19.0 Å². The number of nitrogen functional groups attached to an aromatic ring is 1. The quantitative estimate of drug-likeness (QED) is 0.219. The molecule has 13 heteroatoms. The lowest BCUT2D eigenvalue weighted by Crippen LogP contribution is -2.51. The van der Waals surface area contributed by atoms with Gasteiger partial charge in [0.15, 0.2) is 5.82 Å². The number of nitrogens with zero attached hydrogens (tertiary/aromatic N) is 7. The van der Waals surface area contributed by atoms with Crippen molar-refractivity contribution in [2.24, 2.45) is 0 Å². The van der Waals surface area contributed by atoms with Gasteiger partial charge in [-0.1, -0.05) is 54.6 Å². The van der Waals surface area contributed by atoms with Gasteiger partial charge in [-0.3, -0.25) is 14.4 Å². The first kappa shape index (κ1) is 32.9. The summed E-state index contributed by atoms with van der Waals surface area (Å²) in [6.07, 6.45) is 0.472. The van der Waals surface area contributed by atoms with Gasteiger partial charge in [-0.25, -0.2) is 9.50 Å². The van der Waals surface area contributed by atoms with Crippen molar-refractivity contribution in [3.05, 3.63) is 114 Å². The summed E-state index contributed by atoms with van der Waals surface area (Å²) in [6.45, 7) is 4.39. The molecule has 2 saturated heterocycles. The smallest absolute Gasteiger partial charge is 0.382 e. The number of fused-ring (bicyclic) bond motifs is 2. The zero-order chi connectivity index (χ0) is 35.1. The first-order chi connectivity index (χ1) is 24.7. The number of hydrogen-bond donors (Lipinski definition) is 2. The molecule has 2 aliphatic heterocycles. The normalized spacial score (nSPS) is 17.0. The number of anilines is 1. The van der Waals surface area contributed by atoms with Gasteiger partial charge in [-0.2, -0.15) is 23.4 Å². The third kappa shape index (κ3) is 6.54. The number of carbonyl (C=O) groups excluding carboxylic acids is 1. The highest BCUT2D eigenvalue weighted by molar-refractivity contribution is 5.92. The Hall–Kier alpha value is -5.27. The maximum Gasteiger partial charge on any atom is 0.416 e. The first-order valence-electron chi connectivity index (χ1n) is 17.3. The molecule has 3 aromatic heterocycles. The number of alkyl halides is 3. The van der Waals surface area contributed by atoms with Crippen LogP contribution in [0.2, 0.25) is 0 Å². The average Bonchev–Trinajstić information content (AvgIpc) is 3.74. The molecule has 10 nitrogen and oxygen atoms in total. The number of benzene rings is 3. The summed E-state index contributed by atoms with van der Waals surface area (Å²) in [7, 11) is 0. The molecule has 51 heavy (non-hydrogen) atoms. The largest absolute Gasteiger partial charge is 0.416 e. The summed E-state index contributed by atoms with van der Waals surface area (Å²) in [5, 5.41) is 13.8. The average molecular weight is 694 g/mol. The standard InChI is InChI=1S/C38H38F3N9O/c39-38(40,41)30-10-8-27(9-11-30)34(47-18-14-43-15-19-47)37(51)48-16-12-26(13-17-48)33-21-31(35-36(42)44-24-45-50(33)35)28-6-7-29-23-49(46-32(29)20-28)22-25-4-2-1-3-5-25/h1-11,20-21,23-24,26,34,43H,12-19,22H2,(H2,42,44,45). The third-order valence-electron chi connectivity index (χ3n) is 10.2. The van der Waals surface area contributed by atoms with Crippen LogP contribution in [0.25, 0.3) is 27.5 Å². The Bertz CT molecular complexity index is 2160. The molecule has 0 radical (unpaired) electrons. The van der Waals surface area contributed by atoms with Crippen LogP contribution < -0.4 is 11.1 Å². The van der Waals surface area contributed by atoms with E-state index in [0.717, 1.165) is 45.4 Å². The van der Waals surface area contributed by atoms with E-state index in [2.05, 4.69) is 56.7 Å². The molecule has 5 heterocycles. The van der Waals surface area contributed by atoms with E-state index < -0.39 is 17.8 Å². The fourth-order valence-corrected chi connectivity index (χ4v) is 7.56. The highest BCUT2D eigenvalue weighted by Crippen LogP contribution is 2.38. The summed E-state index contributed by atoms with van der Waals surface area (Å²) in [5.41, 5.74) is 12.0. The van der Waals surface area contributed by atoms with Gasteiger partial charge in [0.1, 0.15) is 17.9 Å². The van der Waals surface area contributed by atoms with Crippen LogP contribution in [0, 0.1) is 0 Å². The Kier molecular flexibility index (Phi) is 8.68. The predicted molar refractivity (Wildman–Crippen MR) is 189 cm³/mol. The van der Waals surface area contributed by atoms with Gasteiger partial charge < -0.3 is 16.0 Å². The first-order valence-corrected chi connectivity index (χ1v) is 17.3. The van der Waals surface area contributed by atoms with Crippen LogP contribution in [0.1, 0.15) is 47.2 Å². The number of likely N-dealkylation sites (tertiary alicyclic amines) is 1. The summed E-state index contributed by atoms with van der Waals surface area (Å²) in [4.78, 5) is 22.4. The number of carbonyl (C=O) groups is 1. The third-order valence-corrected chi connectivity index (χ3v) is 10.2. The molecular formula is C38H38F3N9O. The maximum absolute atomic E-state index is 14.2. The highest BCUT2D eigenvalue weighted by Gasteiger charge is 2.36. The van der Waals surface area contributed by atoms with E-state index in [-0.39, 0.29) is 11.8 Å². The summed E-state index contributed by atoms with van der Waals surface area (Å²) in [5.74, 6) is 0.397.